The van der Waals surface area contributed by atoms with Crippen molar-refractivity contribution in [2.24, 2.45) is 0 Å². The van der Waals surface area contributed by atoms with Crippen LogP contribution in [0.1, 0.15) is 21.5 Å². The Bertz CT molecular complexity index is 861. The summed E-state index contributed by atoms with van der Waals surface area (Å²) >= 11 is 0. The summed E-state index contributed by atoms with van der Waals surface area (Å²) in [6, 6.07) is 9.94. The lowest BCUT2D eigenvalue weighted by atomic mass is 10.1. The van der Waals surface area contributed by atoms with Crippen molar-refractivity contribution < 1.29 is 18.0 Å². The Balaban J connectivity index is 1.71. The molecule has 5 nitrogen and oxygen atoms in total. The van der Waals surface area contributed by atoms with Gasteiger partial charge in [-0.2, -0.15) is 13.2 Å². The van der Waals surface area contributed by atoms with Crippen molar-refractivity contribution in [2.75, 3.05) is 50.9 Å². The van der Waals surface area contributed by atoms with E-state index in [1.165, 1.54) is 12.1 Å². The van der Waals surface area contributed by atoms with Gasteiger partial charge in [0, 0.05) is 56.7 Å². The average molecular weight is 406 g/mol. The van der Waals surface area contributed by atoms with Gasteiger partial charge in [-0.15, -0.1) is 0 Å². The Hall–Kier alpha value is -2.58. The van der Waals surface area contributed by atoms with E-state index in [1.54, 1.807) is 19.2 Å². The summed E-state index contributed by atoms with van der Waals surface area (Å²) in [7, 11) is 3.89. The molecule has 29 heavy (non-hydrogen) atoms. The van der Waals surface area contributed by atoms with E-state index in [2.05, 4.69) is 27.5 Å². The summed E-state index contributed by atoms with van der Waals surface area (Å²) in [6.45, 7) is 4.78. The number of hydrogen-bond acceptors (Lipinski definition) is 4. The number of likely N-dealkylation sites (N-methyl/N-ethyl adjacent to an activating group) is 1. The molecule has 0 bridgehead atoms. The standard InChI is InChI=1S/C21H25F3N4O/c1-25-19-12-15(6-7-16(19)14-28-10-8-27(2)9-11-28)20(29)26-18-5-3-4-17(13-18)21(22,23)24/h3-7,12-13,25H,8-11,14H2,1-2H3,(H,26,29). The number of rotatable bonds is 5. The number of piperazine rings is 1. The van der Waals surface area contributed by atoms with Crippen LogP contribution in [0.5, 0.6) is 0 Å². The summed E-state index contributed by atoms with van der Waals surface area (Å²) in [5.74, 6) is -0.452. The summed E-state index contributed by atoms with van der Waals surface area (Å²) < 4.78 is 38.6. The number of amides is 1. The number of nitrogens with one attached hydrogen (secondary N) is 2. The van der Waals surface area contributed by atoms with Gasteiger partial charge in [-0.25, -0.2) is 0 Å². The van der Waals surface area contributed by atoms with Crippen molar-refractivity contribution in [3.8, 4) is 0 Å². The first-order chi connectivity index (χ1) is 13.8. The van der Waals surface area contributed by atoms with E-state index in [-0.39, 0.29) is 5.69 Å². The van der Waals surface area contributed by atoms with Crippen molar-refractivity contribution >= 4 is 17.3 Å². The van der Waals surface area contributed by atoms with Gasteiger partial charge < -0.3 is 15.5 Å². The Morgan fingerprint density at radius 3 is 2.45 bits per heavy atom. The molecule has 8 heteroatoms. The molecule has 0 radical (unpaired) electrons. The minimum atomic E-state index is -4.45. The quantitative estimate of drug-likeness (QED) is 0.794. The van der Waals surface area contributed by atoms with Crippen LogP contribution in [-0.4, -0.2) is 56.0 Å². The highest BCUT2D eigenvalue weighted by Crippen LogP contribution is 2.31. The first-order valence-electron chi connectivity index (χ1n) is 9.46. The molecule has 2 aromatic carbocycles. The Morgan fingerprint density at radius 2 is 1.79 bits per heavy atom. The molecule has 156 valence electrons. The summed E-state index contributed by atoms with van der Waals surface area (Å²) in [5.41, 5.74) is 1.60. The van der Waals surface area contributed by atoms with Gasteiger partial charge in [0.15, 0.2) is 0 Å². The molecule has 1 heterocycles. The molecule has 0 aliphatic carbocycles. The van der Waals surface area contributed by atoms with Crippen LogP contribution < -0.4 is 10.6 Å². The zero-order valence-electron chi connectivity index (χ0n) is 16.5. The van der Waals surface area contributed by atoms with E-state index in [0.717, 1.165) is 56.1 Å². The van der Waals surface area contributed by atoms with E-state index in [0.29, 0.717) is 5.56 Å². The molecule has 1 saturated heterocycles. The Morgan fingerprint density at radius 1 is 1.07 bits per heavy atom. The summed E-state index contributed by atoms with van der Waals surface area (Å²) in [6.07, 6.45) is -4.45. The topological polar surface area (TPSA) is 47.6 Å². The molecule has 0 atom stereocenters. The van der Waals surface area contributed by atoms with Crippen LogP contribution in [0.2, 0.25) is 0 Å². The number of anilines is 2. The van der Waals surface area contributed by atoms with E-state index in [4.69, 9.17) is 0 Å². The van der Waals surface area contributed by atoms with E-state index < -0.39 is 17.6 Å². The second kappa shape index (κ2) is 8.84. The first-order valence-corrected chi connectivity index (χ1v) is 9.46. The number of benzene rings is 2. The molecule has 1 amide bonds. The van der Waals surface area contributed by atoms with Crippen LogP contribution in [0.3, 0.4) is 0 Å². The van der Waals surface area contributed by atoms with Crippen LogP contribution in [0.15, 0.2) is 42.5 Å². The minimum Gasteiger partial charge on any atom is -0.388 e. The van der Waals surface area contributed by atoms with E-state index in [1.807, 2.05) is 6.07 Å². The smallest absolute Gasteiger partial charge is 0.388 e. The lowest BCUT2D eigenvalue weighted by molar-refractivity contribution is -0.137. The van der Waals surface area contributed by atoms with Gasteiger partial charge in [0.1, 0.15) is 0 Å². The highest BCUT2D eigenvalue weighted by molar-refractivity contribution is 6.05. The monoisotopic (exact) mass is 406 g/mol. The van der Waals surface area contributed by atoms with Crippen molar-refractivity contribution in [2.45, 2.75) is 12.7 Å². The lowest BCUT2D eigenvalue weighted by Crippen LogP contribution is -2.43. The summed E-state index contributed by atoms with van der Waals surface area (Å²) in [5, 5.41) is 5.66. The fourth-order valence-corrected chi connectivity index (χ4v) is 3.31. The third-order valence-corrected chi connectivity index (χ3v) is 5.08. The maximum absolute atomic E-state index is 12.9. The third-order valence-electron chi connectivity index (χ3n) is 5.08. The van der Waals surface area contributed by atoms with Crippen LogP contribution in [0.4, 0.5) is 24.5 Å². The normalized spacial score (nSPS) is 15.9. The molecule has 2 N–H and O–H groups in total. The second-order valence-electron chi connectivity index (χ2n) is 7.23. The largest absolute Gasteiger partial charge is 0.416 e. The SMILES string of the molecule is CNc1cc(C(=O)Nc2cccc(C(F)(F)F)c2)ccc1CN1CCN(C)CC1. The minimum absolute atomic E-state index is 0.109. The predicted molar refractivity (Wildman–Crippen MR) is 108 cm³/mol. The average Bonchev–Trinajstić information content (AvgIpc) is 2.69. The van der Waals surface area contributed by atoms with Crippen molar-refractivity contribution in [1.82, 2.24) is 9.80 Å². The van der Waals surface area contributed by atoms with Crippen LogP contribution >= 0.6 is 0 Å². The number of nitrogens with zero attached hydrogens (tertiary/aromatic N) is 2. The van der Waals surface area contributed by atoms with Gasteiger partial charge in [-0.3, -0.25) is 9.69 Å². The molecule has 2 aromatic rings. The maximum Gasteiger partial charge on any atom is 0.416 e. The molecule has 3 rings (SSSR count). The number of alkyl halides is 3. The number of hydrogen-bond donors (Lipinski definition) is 2. The molecule has 1 fully saturated rings. The van der Waals surface area contributed by atoms with Crippen LogP contribution in [0.25, 0.3) is 0 Å². The molecular formula is C21H25F3N4O. The number of halogens is 3. The second-order valence-corrected chi connectivity index (χ2v) is 7.23. The molecule has 1 aliphatic rings. The van der Waals surface area contributed by atoms with Gasteiger partial charge in [-0.1, -0.05) is 12.1 Å². The highest BCUT2D eigenvalue weighted by atomic mass is 19.4. The van der Waals surface area contributed by atoms with E-state index >= 15 is 0 Å². The zero-order valence-corrected chi connectivity index (χ0v) is 16.5. The maximum atomic E-state index is 12.9. The van der Waals surface area contributed by atoms with Crippen molar-refractivity contribution in [3.05, 3.63) is 59.2 Å². The molecule has 0 aromatic heterocycles. The highest BCUT2D eigenvalue weighted by Gasteiger charge is 2.30. The first kappa shape index (κ1) is 21.1. The Labute approximate surface area is 168 Å². The van der Waals surface area contributed by atoms with Gasteiger partial charge >= 0.3 is 6.18 Å². The predicted octanol–water partition coefficient (Wildman–Crippen LogP) is 3.75. The molecule has 1 aliphatic heterocycles. The summed E-state index contributed by atoms with van der Waals surface area (Å²) in [4.78, 5) is 17.2. The van der Waals surface area contributed by atoms with Gasteiger partial charge in [0.05, 0.1) is 5.56 Å². The Kier molecular flexibility index (Phi) is 6.44. The van der Waals surface area contributed by atoms with E-state index in [9.17, 15) is 18.0 Å². The van der Waals surface area contributed by atoms with Gasteiger partial charge in [0.25, 0.3) is 5.91 Å². The molecule has 0 saturated carbocycles. The lowest BCUT2D eigenvalue weighted by Gasteiger charge is -2.32. The van der Waals surface area contributed by atoms with Crippen molar-refractivity contribution in [1.29, 1.82) is 0 Å². The fourth-order valence-electron chi connectivity index (χ4n) is 3.31. The van der Waals surface area contributed by atoms with Crippen molar-refractivity contribution in [3.63, 3.8) is 0 Å². The third kappa shape index (κ3) is 5.48. The molecular weight excluding hydrogens is 381 g/mol. The number of carbonyl (C=O) groups excluding carboxylic acids is 1. The molecule has 0 spiro atoms. The fraction of sp³-hybridized carbons (Fsp3) is 0.381. The van der Waals surface area contributed by atoms with Crippen LogP contribution in [0, 0.1) is 0 Å². The number of carbonyl (C=O) groups is 1. The zero-order chi connectivity index (χ0) is 21.0. The molecule has 0 unspecified atom stereocenters. The van der Waals surface area contributed by atoms with Gasteiger partial charge in [0.2, 0.25) is 0 Å². The van der Waals surface area contributed by atoms with Gasteiger partial charge in [-0.05, 0) is 42.9 Å². The van der Waals surface area contributed by atoms with Crippen LogP contribution in [-0.2, 0) is 12.7 Å².